The van der Waals surface area contributed by atoms with E-state index in [1.807, 2.05) is 0 Å². The van der Waals surface area contributed by atoms with E-state index in [-0.39, 0.29) is 0 Å². The summed E-state index contributed by atoms with van der Waals surface area (Å²) in [6, 6.07) is 0. The van der Waals surface area contributed by atoms with Gasteiger partial charge in [0.15, 0.2) is 0 Å². The van der Waals surface area contributed by atoms with Crippen molar-refractivity contribution in [2.75, 3.05) is 6.61 Å². The zero-order valence-electron chi connectivity index (χ0n) is 19.7. The normalized spacial score (nSPS) is 10.5. The van der Waals surface area contributed by atoms with Crippen molar-refractivity contribution >= 4 is 11.9 Å². The molecule has 0 unspecified atom stereocenters. The van der Waals surface area contributed by atoms with E-state index in [0.717, 1.165) is 38.5 Å². The molecule has 0 fully saturated rings. The average molecular weight is 431 g/mol. The minimum atomic E-state index is -0.671. The highest BCUT2D eigenvalue weighted by atomic mass is 16.4. The van der Waals surface area contributed by atoms with Gasteiger partial charge in [-0.2, -0.15) is 0 Å². The fourth-order valence-corrected chi connectivity index (χ4v) is 3.36. The molecule has 0 saturated heterocycles. The molecule has 0 aromatic heterocycles. The number of carboxylic acids is 2. The first-order chi connectivity index (χ1) is 14.5. The van der Waals surface area contributed by atoms with Gasteiger partial charge in [-0.15, -0.1) is 0 Å². The lowest BCUT2D eigenvalue weighted by molar-refractivity contribution is -0.138. The van der Waals surface area contributed by atoms with Gasteiger partial charge in [-0.1, -0.05) is 110 Å². The van der Waals surface area contributed by atoms with Crippen molar-refractivity contribution in [3.05, 3.63) is 0 Å². The Morgan fingerprint density at radius 1 is 0.467 bits per heavy atom. The van der Waals surface area contributed by atoms with Gasteiger partial charge in [-0.25, -0.2) is 0 Å². The summed E-state index contributed by atoms with van der Waals surface area (Å²) in [5, 5.41) is 25.2. The maximum Gasteiger partial charge on any atom is 0.303 e. The molecule has 0 heterocycles. The summed E-state index contributed by atoms with van der Waals surface area (Å²) in [4.78, 5) is 20.7. The zero-order valence-corrected chi connectivity index (χ0v) is 19.7. The number of carbonyl (C=O) groups is 2. The predicted molar refractivity (Wildman–Crippen MR) is 125 cm³/mol. The number of hydrogen-bond acceptors (Lipinski definition) is 3. The number of aliphatic carboxylic acids is 2. The van der Waals surface area contributed by atoms with Gasteiger partial charge in [0.1, 0.15) is 0 Å². The Hall–Kier alpha value is -1.10. The summed E-state index contributed by atoms with van der Waals surface area (Å²) in [5.41, 5.74) is 0. The first-order valence-corrected chi connectivity index (χ1v) is 12.6. The quantitative estimate of drug-likeness (QED) is 0.156. The van der Waals surface area contributed by atoms with E-state index in [4.69, 9.17) is 15.3 Å². The monoisotopic (exact) mass is 430 g/mol. The first kappa shape index (κ1) is 31.1. The van der Waals surface area contributed by atoms with E-state index in [9.17, 15) is 9.59 Å². The fourth-order valence-electron chi connectivity index (χ4n) is 3.36. The standard InChI is InChI=1S/C21H40O4.C4H10O/c22-20(23)18-16-14-12-10-8-6-4-2-1-3-5-7-9-11-13-15-17-19-21(24)25;1-2-3-4-5/h1-19H2,(H,22,23)(H,24,25);5H,2-4H2,1H3. The van der Waals surface area contributed by atoms with Crippen LogP contribution in [0.15, 0.2) is 0 Å². The number of aliphatic hydroxyl groups is 1. The molecule has 0 aliphatic heterocycles. The molecule has 180 valence electrons. The molecule has 0 aromatic rings. The minimum Gasteiger partial charge on any atom is -0.481 e. The molecule has 0 aliphatic rings. The molecule has 0 atom stereocenters. The van der Waals surface area contributed by atoms with Gasteiger partial charge in [0.2, 0.25) is 0 Å². The Kier molecular flexibility index (Phi) is 28.9. The number of aliphatic hydroxyl groups excluding tert-OH is 1. The number of carboxylic acid groups (broad SMARTS) is 2. The van der Waals surface area contributed by atoms with Crippen LogP contribution in [0.3, 0.4) is 0 Å². The van der Waals surface area contributed by atoms with Gasteiger partial charge in [0.05, 0.1) is 0 Å². The maximum atomic E-state index is 10.4. The molecule has 0 bridgehead atoms. The molecule has 5 heteroatoms. The third kappa shape index (κ3) is 34.4. The summed E-state index contributed by atoms with van der Waals surface area (Å²) in [6.45, 7) is 2.40. The van der Waals surface area contributed by atoms with Gasteiger partial charge >= 0.3 is 11.9 Å². The van der Waals surface area contributed by atoms with E-state index >= 15 is 0 Å². The number of unbranched alkanes of at least 4 members (excludes halogenated alkanes) is 17. The smallest absolute Gasteiger partial charge is 0.303 e. The minimum absolute atomic E-state index is 0.324. The van der Waals surface area contributed by atoms with Crippen LogP contribution in [0, 0.1) is 0 Å². The second kappa shape index (κ2) is 27.9. The van der Waals surface area contributed by atoms with Crippen LogP contribution in [0.4, 0.5) is 0 Å². The lowest BCUT2D eigenvalue weighted by atomic mass is 10.0. The van der Waals surface area contributed by atoms with Crippen molar-refractivity contribution in [2.45, 2.75) is 142 Å². The lowest BCUT2D eigenvalue weighted by Gasteiger charge is -2.03. The van der Waals surface area contributed by atoms with Gasteiger partial charge in [0, 0.05) is 19.4 Å². The van der Waals surface area contributed by atoms with Gasteiger partial charge < -0.3 is 15.3 Å². The Bertz CT molecular complexity index is 325. The number of hydrogen-bond donors (Lipinski definition) is 3. The molecule has 0 aliphatic carbocycles. The third-order valence-electron chi connectivity index (χ3n) is 5.29. The predicted octanol–water partition coefficient (Wildman–Crippen LogP) is 7.35. The molecule has 0 spiro atoms. The third-order valence-corrected chi connectivity index (χ3v) is 5.29. The van der Waals surface area contributed by atoms with Crippen LogP contribution < -0.4 is 0 Å². The molecule has 5 nitrogen and oxygen atoms in total. The summed E-state index contributed by atoms with van der Waals surface area (Å²) >= 11 is 0. The van der Waals surface area contributed by atoms with Crippen molar-refractivity contribution in [2.24, 2.45) is 0 Å². The van der Waals surface area contributed by atoms with Crippen molar-refractivity contribution in [3.8, 4) is 0 Å². The second-order valence-corrected chi connectivity index (χ2v) is 8.38. The number of rotatable bonds is 22. The topological polar surface area (TPSA) is 94.8 Å². The first-order valence-electron chi connectivity index (χ1n) is 12.6. The molecule has 0 radical (unpaired) electrons. The van der Waals surface area contributed by atoms with Crippen LogP contribution in [0.25, 0.3) is 0 Å². The van der Waals surface area contributed by atoms with E-state index in [2.05, 4.69) is 6.92 Å². The van der Waals surface area contributed by atoms with E-state index in [1.165, 1.54) is 83.5 Å². The Balaban J connectivity index is 0. The van der Waals surface area contributed by atoms with Crippen LogP contribution in [-0.4, -0.2) is 33.9 Å². The van der Waals surface area contributed by atoms with E-state index in [1.54, 1.807) is 0 Å². The molecule has 0 amide bonds. The fraction of sp³-hybridized carbons (Fsp3) is 0.920. The van der Waals surface area contributed by atoms with Crippen molar-refractivity contribution in [1.82, 2.24) is 0 Å². The van der Waals surface area contributed by atoms with Crippen LogP contribution in [-0.2, 0) is 9.59 Å². The molecule has 0 rings (SSSR count). The second-order valence-electron chi connectivity index (χ2n) is 8.38. The molecule has 3 N–H and O–H groups in total. The van der Waals surface area contributed by atoms with Crippen LogP contribution in [0.5, 0.6) is 0 Å². The highest BCUT2D eigenvalue weighted by molar-refractivity contribution is 5.66. The van der Waals surface area contributed by atoms with Crippen LogP contribution in [0.2, 0.25) is 0 Å². The highest BCUT2D eigenvalue weighted by Gasteiger charge is 1.98. The highest BCUT2D eigenvalue weighted by Crippen LogP contribution is 2.14. The van der Waals surface area contributed by atoms with Gasteiger partial charge in [-0.05, 0) is 19.3 Å². The van der Waals surface area contributed by atoms with Gasteiger partial charge in [0.25, 0.3) is 0 Å². The summed E-state index contributed by atoms with van der Waals surface area (Å²) < 4.78 is 0. The Morgan fingerprint density at radius 2 is 0.700 bits per heavy atom. The van der Waals surface area contributed by atoms with E-state index in [0.29, 0.717) is 19.4 Å². The SMILES string of the molecule is CCCCO.O=C(O)CCCCCCCCCCCCCCCCCCCC(=O)O. The van der Waals surface area contributed by atoms with Crippen molar-refractivity contribution < 1.29 is 24.9 Å². The van der Waals surface area contributed by atoms with Crippen molar-refractivity contribution in [1.29, 1.82) is 0 Å². The van der Waals surface area contributed by atoms with Crippen molar-refractivity contribution in [3.63, 3.8) is 0 Å². The molecule has 0 aromatic carbocycles. The van der Waals surface area contributed by atoms with E-state index < -0.39 is 11.9 Å². The summed E-state index contributed by atoms with van der Waals surface area (Å²) in [7, 11) is 0. The Labute approximate surface area is 185 Å². The summed E-state index contributed by atoms with van der Waals surface area (Å²) in [6.07, 6.45) is 23.4. The average Bonchev–Trinajstić information content (AvgIpc) is 2.70. The van der Waals surface area contributed by atoms with Gasteiger partial charge in [-0.3, -0.25) is 9.59 Å². The molecule has 30 heavy (non-hydrogen) atoms. The molecular formula is C25H50O5. The largest absolute Gasteiger partial charge is 0.481 e. The van der Waals surface area contributed by atoms with Crippen LogP contribution in [0.1, 0.15) is 142 Å². The lowest BCUT2D eigenvalue weighted by Crippen LogP contribution is -1.93. The maximum absolute atomic E-state index is 10.4. The zero-order chi connectivity index (χ0) is 22.7. The molecule has 0 saturated carbocycles. The molecular weight excluding hydrogens is 380 g/mol. The summed E-state index contributed by atoms with van der Waals surface area (Å²) in [5.74, 6) is -1.34. The Morgan fingerprint density at radius 3 is 0.833 bits per heavy atom. The van der Waals surface area contributed by atoms with Crippen LogP contribution >= 0.6 is 0 Å².